The Labute approximate surface area is 137 Å². The van der Waals surface area contributed by atoms with Crippen LogP contribution in [0.4, 0.5) is 5.69 Å². The van der Waals surface area contributed by atoms with Gasteiger partial charge in [-0.1, -0.05) is 6.07 Å². The van der Waals surface area contributed by atoms with Crippen LogP contribution in [0.15, 0.2) is 41.0 Å². The molecule has 0 saturated heterocycles. The molecule has 2 aromatic rings. The molecule has 2 rings (SSSR count). The largest absolute Gasteiger partial charge is 0.467 e. The number of benzene rings is 1. The number of hydrogen-bond acceptors (Lipinski definition) is 6. The quantitative estimate of drug-likeness (QED) is 0.494. The number of esters is 1. The predicted molar refractivity (Wildman–Crippen MR) is 83.3 cm³/mol. The smallest absolute Gasteiger partial charge is 0.339 e. The topological polar surface area (TPSA) is 112 Å². The van der Waals surface area contributed by atoms with Gasteiger partial charge < -0.3 is 14.5 Å². The number of nitro groups is 1. The molecular weight excluding hydrogens is 316 g/mol. The predicted octanol–water partition coefficient (Wildman–Crippen LogP) is 2.36. The van der Waals surface area contributed by atoms with Gasteiger partial charge in [0.1, 0.15) is 5.76 Å². The van der Waals surface area contributed by atoms with Crippen molar-refractivity contribution in [1.29, 1.82) is 0 Å². The molecule has 0 aliphatic carbocycles. The minimum Gasteiger partial charge on any atom is -0.467 e. The maximum atomic E-state index is 12.1. The first kappa shape index (κ1) is 17.2. The molecule has 1 atom stereocenters. The highest BCUT2D eigenvalue weighted by Gasteiger charge is 2.23. The highest BCUT2D eigenvalue weighted by Crippen LogP contribution is 2.22. The molecule has 8 heteroatoms. The molecule has 0 spiro atoms. The van der Waals surface area contributed by atoms with Crippen LogP contribution in [0.5, 0.6) is 0 Å². The van der Waals surface area contributed by atoms with Gasteiger partial charge in [0.15, 0.2) is 6.10 Å². The van der Waals surface area contributed by atoms with Gasteiger partial charge in [0, 0.05) is 11.6 Å². The molecule has 0 unspecified atom stereocenters. The number of carbonyl (C=O) groups excluding carboxylic acids is 2. The third-order valence-corrected chi connectivity index (χ3v) is 3.39. The lowest BCUT2D eigenvalue weighted by molar-refractivity contribution is -0.385. The second kappa shape index (κ2) is 7.40. The van der Waals surface area contributed by atoms with E-state index in [2.05, 4.69) is 5.32 Å². The summed E-state index contributed by atoms with van der Waals surface area (Å²) in [5.41, 5.74) is 0.0601. The van der Waals surface area contributed by atoms with Crippen LogP contribution in [0.3, 0.4) is 0 Å². The number of ether oxygens (including phenoxy) is 1. The fourth-order valence-electron chi connectivity index (χ4n) is 2.05. The van der Waals surface area contributed by atoms with Crippen LogP contribution in [-0.2, 0) is 16.1 Å². The molecular formula is C16H16N2O6. The van der Waals surface area contributed by atoms with Gasteiger partial charge >= 0.3 is 5.97 Å². The highest BCUT2D eigenvalue weighted by molar-refractivity contribution is 5.94. The van der Waals surface area contributed by atoms with Crippen LogP contribution >= 0.6 is 0 Å². The van der Waals surface area contributed by atoms with Gasteiger partial charge in [0.2, 0.25) is 0 Å². The number of carbonyl (C=O) groups is 2. The van der Waals surface area contributed by atoms with Gasteiger partial charge in [0.25, 0.3) is 11.6 Å². The molecule has 126 valence electrons. The van der Waals surface area contributed by atoms with Crippen molar-refractivity contribution in [1.82, 2.24) is 5.32 Å². The summed E-state index contributed by atoms with van der Waals surface area (Å²) in [5, 5.41) is 13.5. The first-order valence-electron chi connectivity index (χ1n) is 7.15. The fraction of sp³-hybridized carbons (Fsp3) is 0.250. The maximum Gasteiger partial charge on any atom is 0.339 e. The maximum absolute atomic E-state index is 12.1. The molecule has 0 fully saturated rings. The number of amides is 1. The van der Waals surface area contributed by atoms with E-state index in [9.17, 15) is 19.7 Å². The molecule has 0 aliphatic rings. The highest BCUT2D eigenvalue weighted by atomic mass is 16.6. The Morgan fingerprint density at radius 3 is 2.71 bits per heavy atom. The Morgan fingerprint density at radius 1 is 1.33 bits per heavy atom. The van der Waals surface area contributed by atoms with E-state index in [1.807, 2.05) is 0 Å². The Hall–Kier alpha value is -3.16. The molecule has 0 saturated carbocycles. The average Bonchev–Trinajstić information content (AvgIpc) is 3.05. The van der Waals surface area contributed by atoms with Crippen molar-refractivity contribution in [3.8, 4) is 0 Å². The molecule has 0 bridgehead atoms. The Bertz CT molecular complexity index is 754. The summed E-state index contributed by atoms with van der Waals surface area (Å²) >= 11 is 0. The van der Waals surface area contributed by atoms with Gasteiger partial charge in [0.05, 0.1) is 23.3 Å². The van der Waals surface area contributed by atoms with Crippen LogP contribution in [0.2, 0.25) is 0 Å². The summed E-state index contributed by atoms with van der Waals surface area (Å²) in [6, 6.07) is 7.49. The van der Waals surface area contributed by atoms with Crippen LogP contribution in [0.25, 0.3) is 0 Å². The lowest BCUT2D eigenvalue weighted by atomic mass is 10.1. The van der Waals surface area contributed by atoms with Crippen molar-refractivity contribution in [3.05, 3.63) is 63.6 Å². The minimum atomic E-state index is -1.05. The summed E-state index contributed by atoms with van der Waals surface area (Å²) < 4.78 is 10.2. The van der Waals surface area contributed by atoms with Crippen molar-refractivity contribution in [3.63, 3.8) is 0 Å². The summed E-state index contributed by atoms with van der Waals surface area (Å²) in [6.45, 7) is 3.04. The number of furan rings is 1. The van der Waals surface area contributed by atoms with Gasteiger partial charge in [-0.15, -0.1) is 0 Å². The van der Waals surface area contributed by atoms with Crippen LogP contribution in [-0.4, -0.2) is 22.9 Å². The average molecular weight is 332 g/mol. The normalized spacial score (nSPS) is 11.6. The van der Waals surface area contributed by atoms with E-state index in [-0.39, 0.29) is 23.4 Å². The number of nitrogens with zero attached hydrogens (tertiary/aromatic N) is 1. The monoisotopic (exact) mass is 332 g/mol. The molecule has 24 heavy (non-hydrogen) atoms. The SMILES string of the molecule is Cc1c(C(=O)O[C@@H](C)C(=O)NCc2ccco2)cccc1[N+](=O)[O-]. The van der Waals surface area contributed by atoms with E-state index in [1.54, 1.807) is 12.1 Å². The van der Waals surface area contributed by atoms with E-state index in [4.69, 9.17) is 9.15 Å². The zero-order valence-corrected chi connectivity index (χ0v) is 13.1. The van der Waals surface area contributed by atoms with Crippen molar-refractivity contribution >= 4 is 17.6 Å². The van der Waals surface area contributed by atoms with Crippen LogP contribution in [0.1, 0.15) is 28.6 Å². The molecule has 0 radical (unpaired) electrons. The van der Waals surface area contributed by atoms with E-state index in [1.165, 1.54) is 38.3 Å². The standard InChI is InChI=1S/C16H16N2O6/c1-10-13(6-3-7-14(10)18(21)22)16(20)24-11(2)15(19)17-9-12-5-4-8-23-12/h3-8,11H,9H2,1-2H3,(H,17,19)/t11-/m0/s1. The van der Waals surface area contributed by atoms with Gasteiger partial charge in [-0.05, 0) is 32.0 Å². The summed E-state index contributed by atoms with van der Waals surface area (Å²) in [7, 11) is 0. The molecule has 1 heterocycles. The zero-order chi connectivity index (χ0) is 17.7. The number of rotatable bonds is 6. The van der Waals surface area contributed by atoms with Crippen LogP contribution in [0, 0.1) is 17.0 Å². The minimum absolute atomic E-state index is 0.0508. The van der Waals surface area contributed by atoms with Crippen molar-refractivity contribution < 1.29 is 23.7 Å². The molecule has 1 aromatic heterocycles. The molecule has 0 aliphatic heterocycles. The van der Waals surface area contributed by atoms with Crippen molar-refractivity contribution in [2.24, 2.45) is 0 Å². The van der Waals surface area contributed by atoms with Crippen molar-refractivity contribution in [2.75, 3.05) is 0 Å². The first-order valence-corrected chi connectivity index (χ1v) is 7.15. The fourth-order valence-corrected chi connectivity index (χ4v) is 2.05. The van der Waals surface area contributed by atoms with E-state index < -0.39 is 22.9 Å². The summed E-state index contributed by atoms with van der Waals surface area (Å²) in [4.78, 5) is 34.4. The van der Waals surface area contributed by atoms with Crippen molar-refractivity contribution in [2.45, 2.75) is 26.5 Å². The van der Waals surface area contributed by atoms with Gasteiger partial charge in [-0.3, -0.25) is 14.9 Å². The number of hydrogen-bond donors (Lipinski definition) is 1. The number of nitrogens with one attached hydrogen (secondary N) is 1. The lowest BCUT2D eigenvalue weighted by Gasteiger charge is -2.14. The number of nitro benzene ring substituents is 1. The van der Waals surface area contributed by atoms with Gasteiger partial charge in [-0.25, -0.2) is 4.79 Å². The Kier molecular flexibility index (Phi) is 5.31. The third kappa shape index (κ3) is 3.97. The summed E-state index contributed by atoms with van der Waals surface area (Å²) in [5.74, 6) is -0.726. The first-order chi connectivity index (χ1) is 11.4. The molecule has 8 nitrogen and oxygen atoms in total. The second-order valence-corrected chi connectivity index (χ2v) is 5.05. The lowest BCUT2D eigenvalue weighted by Crippen LogP contribution is -2.35. The van der Waals surface area contributed by atoms with Gasteiger partial charge in [-0.2, -0.15) is 0 Å². The van der Waals surface area contributed by atoms with E-state index in [0.717, 1.165) is 0 Å². The zero-order valence-electron chi connectivity index (χ0n) is 13.1. The Balaban J connectivity index is 1.99. The van der Waals surface area contributed by atoms with Crippen LogP contribution < -0.4 is 5.32 Å². The molecule has 1 amide bonds. The molecule has 1 N–H and O–H groups in total. The van der Waals surface area contributed by atoms with E-state index >= 15 is 0 Å². The third-order valence-electron chi connectivity index (χ3n) is 3.39. The summed E-state index contributed by atoms with van der Waals surface area (Å²) in [6.07, 6.45) is 0.432. The Morgan fingerprint density at radius 2 is 2.08 bits per heavy atom. The second-order valence-electron chi connectivity index (χ2n) is 5.05. The molecule has 1 aromatic carbocycles. The van der Waals surface area contributed by atoms with E-state index in [0.29, 0.717) is 5.76 Å².